The Morgan fingerprint density at radius 1 is 1.54 bits per heavy atom. The van der Waals surface area contributed by atoms with Gasteiger partial charge in [-0.25, -0.2) is 0 Å². The molecule has 0 fully saturated rings. The first-order chi connectivity index (χ1) is 6.18. The summed E-state index contributed by atoms with van der Waals surface area (Å²) in [5.41, 5.74) is 5.55. The Balaban J connectivity index is 2.82. The summed E-state index contributed by atoms with van der Waals surface area (Å²) in [4.78, 5) is 14.3. The second-order valence-corrected chi connectivity index (χ2v) is 2.48. The normalized spacial score (nSPS) is 10.5. The summed E-state index contributed by atoms with van der Waals surface area (Å²) in [7, 11) is 0. The molecule has 0 saturated carbocycles. The third-order valence-electron chi connectivity index (χ3n) is 1.65. The number of oxazole rings is 1. The van der Waals surface area contributed by atoms with Gasteiger partial charge in [0.25, 0.3) is 5.91 Å². The number of fused-ring (bicyclic) bond motifs is 1. The highest BCUT2D eigenvalue weighted by Gasteiger charge is 2.12. The van der Waals surface area contributed by atoms with E-state index in [1.54, 1.807) is 6.07 Å². The van der Waals surface area contributed by atoms with Gasteiger partial charge in [-0.1, -0.05) is 6.07 Å². The number of para-hydroxylation sites is 1. The summed E-state index contributed by atoms with van der Waals surface area (Å²) >= 11 is 0. The summed E-state index contributed by atoms with van der Waals surface area (Å²) in [6.45, 7) is 0. The molecule has 13 heavy (non-hydrogen) atoms. The molecule has 0 saturated heterocycles. The highest BCUT2D eigenvalue weighted by molar-refractivity contribution is 6.03. The lowest BCUT2D eigenvalue weighted by molar-refractivity contribution is 0.100. The monoisotopic (exact) mass is 180 g/mol. The number of rotatable bonds is 1. The van der Waals surface area contributed by atoms with E-state index in [0.29, 0.717) is 0 Å². The number of benzene rings is 1. The SMILES string of the molecule is NC(=O)c1cccc2nc(F)oc12. The van der Waals surface area contributed by atoms with Crippen molar-refractivity contribution >= 4 is 17.0 Å². The van der Waals surface area contributed by atoms with Gasteiger partial charge < -0.3 is 10.2 Å². The molecule has 1 amide bonds. The summed E-state index contributed by atoms with van der Waals surface area (Å²) in [6, 6.07) is 4.55. The van der Waals surface area contributed by atoms with Gasteiger partial charge in [0.2, 0.25) is 0 Å². The molecular weight excluding hydrogens is 175 g/mol. The second kappa shape index (κ2) is 2.55. The lowest BCUT2D eigenvalue weighted by Gasteiger charge is -1.93. The number of hydrogen-bond acceptors (Lipinski definition) is 3. The molecule has 0 radical (unpaired) electrons. The van der Waals surface area contributed by atoms with Gasteiger partial charge in [0.1, 0.15) is 5.52 Å². The van der Waals surface area contributed by atoms with Crippen LogP contribution < -0.4 is 5.73 Å². The number of aromatic nitrogens is 1. The Bertz CT molecular complexity index is 478. The molecule has 0 spiro atoms. The fraction of sp³-hybridized carbons (Fsp3) is 0. The van der Waals surface area contributed by atoms with Crippen molar-refractivity contribution in [2.45, 2.75) is 0 Å². The van der Waals surface area contributed by atoms with Crippen molar-refractivity contribution in [3.05, 3.63) is 29.9 Å². The Morgan fingerprint density at radius 2 is 2.31 bits per heavy atom. The van der Waals surface area contributed by atoms with E-state index in [1.165, 1.54) is 12.1 Å². The molecule has 2 N–H and O–H groups in total. The van der Waals surface area contributed by atoms with Gasteiger partial charge in [0.15, 0.2) is 5.58 Å². The summed E-state index contributed by atoms with van der Waals surface area (Å²) in [5.74, 6) is -0.665. The maximum Gasteiger partial charge on any atom is 0.382 e. The molecular formula is C8H5FN2O2. The third kappa shape index (κ3) is 1.14. The minimum Gasteiger partial charge on any atom is -0.414 e. The number of hydrogen-bond donors (Lipinski definition) is 1. The fourth-order valence-electron chi connectivity index (χ4n) is 1.12. The van der Waals surface area contributed by atoms with Crippen LogP contribution in [0.25, 0.3) is 11.1 Å². The molecule has 0 unspecified atom stereocenters. The number of nitrogens with zero attached hydrogens (tertiary/aromatic N) is 1. The van der Waals surface area contributed by atoms with Crippen molar-refractivity contribution in [1.29, 1.82) is 0 Å². The second-order valence-electron chi connectivity index (χ2n) is 2.48. The number of carbonyl (C=O) groups is 1. The number of halogens is 1. The van der Waals surface area contributed by atoms with Crippen LogP contribution in [0.4, 0.5) is 4.39 Å². The number of primary amides is 1. The Labute approximate surface area is 72.2 Å². The zero-order chi connectivity index (χ0) is 9.42. The van der Waals surface area contributed by atoms with E-state index in [2.05, 4.69) is 9.40 Å². The lowest BCUT2D eigenvalue weighted by Crippen LogP contribution is -2.10. The van der Waals surface area contributed by atoms with Crippen LogP contribution >= 0.6 is 0 Å². The Morgan fingerprint density at radius 3 is 3.00 bits per heavy atom. The van der Waals surface area contributed by atoms with Crippen LogP contribution in [0.1, 0.15) is 10.4 Å². The maximum atomic E-state index is 12.5. The molecule has 0 aliphatic rings. The minimum absolute atomic E-state index is 0.0903. The molecule has 4 nitrogen and oxygen atoms in total. The first kappa shape index (κ1) is 7.72. The third-order valence-corrected chi connectivity index (χ3v) is 1.65. The van der Waals surface area contributed by atoms with Crippen LogP contribution in [-0.2, 0) is 0 Å². The molecule has 0 bridgehead atoms. The molecule has 0 aliphatic heterocycles. The number of amides is 1. The largest absolute Gasteiger partial charge is 0.414 e. The van der Waals surface area contributed by atoms with Crippen molar-refractivity contribution in [3.63, 3.8) is 0 Å². The average molecular weight is 180 g/mol. The van der Waals surface area contributed by atoms with E-state index in [9.17, 15) is 9.18 Å². The van der Waals surface area contributed by atoms with Gasteiger partial charge >= 0.3 is 6.14 Å². The topological polar surface area (TPSA) is 69.1 Å². The first-order valence-corrected chi connectivity index (χ1v) is 3.53. The van der Waals surface area contributed by atoms with Crippen molar-refractivity contribution < 1.29 is 13.6 Å². The van der Waals surface area contributed by atoms with Gasteiger partial charge in [-0.05, 0) is 12.1 Å². The highest BCUT2D eigenvalue weighted by Crippen LogP contribution is 2.18. The van der Waals surface area contributed by atoms with Crippen LogP contribution in [-0.4, -0.2) is 10.9 Å². The smallest absolute Gasteiger partial charge is 0.382 e. The predicted octanol–water partition coefficient (Wildman–Crippen LogP) is 1.07. The van der Waals surface area contributed by atoms with Crippen LogP contribution in [0.3, 0.4) is 0 Å². The van der Waals surface area contributed by atoms with Gasteiger partial charge in [-0.2, -0.15) is 4.98 Å². The van der Waals surface area contributed by atoms with E-state index in [1.807, 2.05) is 0 Å². The van der Waals surface area contributed by atoms with E-state index < -0.39 is 12.1 Å². The van der Waals surface area contributed by atoms with E-state index in [0.717, 1.165) is 0 Å². The van der Waals surface area contributed by atoms with Crippen molar-refractivity contribution in [3.8, 4) is 0 Å². The molecule has 2 aromatic rings. The first-order valence-electron chi connectivity index (χ1n) is 3.53. The van der Waals surface area contributed by atoms with Crippen LogP contribution in [0.2, 0.25) is 0 Å². The summed E-state index contributed by atoms with van der Waals surface area (Å²) < 4.78 is 17.1. The van der Waals surface area contributed by atoms with E-state index in [4.69, 9.17) is 5.73 Å². The molecule has 5 heteroatoms. The Hall–Kier alpha value is -1.91. The van der Waals surface area contributed by atoms with Crippen LogP contribution in [0, 0.1) is 6.14 Å². The summed E-state index contributed by atoms with van der Waals surface area (Å²) in [6.07, 6.45) is -0.969. The predicted molar refractivity (Wildman–Crippen MR) is 42.5 cm³/mol. The Kier molecular flexibility index (Phi) is 1.51. The zero-order valence-corrected chi connectivity index (χ0v) is 6.45. The molecule has 1 aromatic carbocycles. The molecule has 2 rings (SSSR count). The maximum absolute atomic E-state index is 12.5. The zero-order valence-electron chi connectivity index (χ0n) is 6.45. The van der Waals surface area contributed by atoms with E-state index in [-0.39, 0.29) is 16.7 Å². The van der Waals surface area contributed by atoms with Crippen molar-refractivity contribution in [2.24, 2.45) is 5.73 Å². The van der Waals surface area contributed by atoms with Gasteiger partial charge in [0.05, 0.1) is 5.56 Å². The highest BCUT2D eigenvalue weighted by atomic mass is 19.1. The minimum atomic E-state index is -0.969. The van der Waals surface area contributed by atoms with Gasteiger partial charge in [-0.3, -0.25) is 4.79 Å². The van der Waals surface area contributed by atoms with Gasteiger partial charge in [0, 0.05) is 0 Å². The molecule has 0 atom stereocenters. The lowest BCUT2D eigenvalue weighted by atomic mass is 10.2. The molecule has 1 aromatic heterocycles. The van der Waals surface area contributed by atoms with Crippen LogP contribution in [0.15, 0.2) is 22.6 Å². The molecule has 1 heterocycles. The van der Waals surface area contributed by atoms with Crippen molar-refractivity contribution in [1.82, 2.24) is 4.98 Å². The molecule has 66 valence electrons. The van der Waals surface area contributed by atoms with Crippen LogP contribution in [0.5, 0.6) is 0 Å². The standard InChI is InChI=1S/C8H5FN2O2/c9-8-11-5-3-1-2-4(7(10)12)6(5)13-8/h1-3H,(H2,10,12). The molecule has 0 aliphatic carbocycles. The van der Waals surface area contributed by atoms with Gasteiger partial charge in [-0.15, -0.1) is 4.39 Å². The fourth-order valence-corrected chi connectivity index (χ4v) is 1.12. The summed E-state index contributed by atoms with van der Waals surface area (Å²) in [5, 5.41) is 0. The average Bonchev–Trinajstić information content (AvgIpc) is 2.43. The number of carbonyl (C=O) groups excluding carboxylic acids is 1. The quantitative estimate of drug-likeness (QED) is 0.713. The number of nitrogens with two attached hydrogens (primary N) is 1. The van der Waals surface area contributed by atoms with E-state index >= 15 is 0 Å². The van der Waals surface area contributed by atoms with Crippen molar-refractivity contribution in [2.75, 3.05) is 0 Å².